The van der Waals surface area contributed by atoms with Gasteiger partial charge in [-0.1, -0.05) is 12.1 Å². The van der Waals surface area contributed by atoms with Crippen molar-refractivity contribution in [2.45, 2.75) is 33.3 Å². The monoisotopic (exact) mass is 333 g/mol. The zero-order valence-electron chi connectivity index (χ0n) is 14.5. The number of hydrogen-bond acceptors (Lipinski definition) is 5. The van der Waals surface area contributed by atoms with Crippen molar-refractivity contribution in [2.75, 3.05) is 24.7 Å². The number of carbonyl (C=O) groups excluding carboxylic acids is 2. The van der Waals surface area contributed by atoms with E-state index >= 15 is 0 Å². The fraction of sp³-hybridized carbons (Fsp3) is 0.444. The second kappa shape index (κ2) is 7.38. The molecule has 0 saturated carbocycles. The summed E-state index contributed by atoms with van der Waals surface area (Å²) < 4.78 is 16.0. The van der Waals surface area contributed by atoms with Gasteiger partial charge in [0.05, 0.1) is 18.8 Å². The van der Waals surface area contributed by atoms with E-state index in [0.717, 1.165) is 0 Å². The maximum Gasteiger partial charge on any atom is 0.415 e. The van der Waals surface area contributed by atoms with Gasteiger partial charge >= 0.3 is 12.1 Å². The Balaban J connectivity index is 2.33. The highest BCUT2D eigenvalue weighted by Crippen LogP contribution is 2.36. The second-order valence-electron chi connectivity index (χ2n) is 6.26. The zero-order valence-corrected chi connectivity index (χ0v) is 14.5. The highest BCUT2D eigenvalue weighted by Gasteiger charge is 2.29. The van der Waals surface area contributed by atoms with Crippen molar-refractivity contribution in [3.05, 3.63) is 29.8 Å². The van der Waals surface area contributed by atoms with Crippen LogP contribution >= 0.6 is 0 Å². The van der Waals surface area contributed by atoms with Gasteiger partial charge in [0.1, 0.15) is 18.0 Å². The Hall–Kier alpha value is -2.50. The van der Waals surface area contributed by atoms with E-state index in [9.17, 15) is 9.59 Å². The van der Waals surface area contributed by atoms with E-state index in [0.29, 0.717) is 36.8 Å². The molecule has 1 aliphatic heterocycles. The van der Waals surface area contributed by atoms with E-state index in [2.05, 4.69) is 0 Å². The van der Waals surface area contributed by atoms with Crippen molar-refractivity contribution in [1.82, 2.24) is 0 Å². The number of benzene rings is 1. The van der Waals surface area contributed by atoms with E-state index in [1.165, 1.54) is 11.0 Å². The molecule has 1 aromatic carbocycles. The standard InChI is InChI=1S/C18H23NO5/c1-5-22-15(20)10-9-13-7-6-8-14-16(13)19(11-12-23-14)17(21)24-18(2,3)4/h6-10H,5,11-12H2,1-4H3/b10-9+. The van der Waals surface area contributed by atoms with Crippen LogP contribution < -0.4 is 9.64 Å². The zero-order chi connectivity index (χ0) is 17.7. The number of hydrogen-bond donors (Lipinski definition) is 0. The van der Waals surface area contributed by atoms with Crippen LogP contribution in [0.5, 0.6) is 5.75 Å². The molecule has 1 aliphatic rings. The molecule has 24 heavy (non-hydrogen) atoms. The first-order valence-corrected chi connectivity index (χ1v) is 7.93. The number of fused-ring (bicyclic) bond motifs is 1. The Morgan fingerprint density at radius 2 is 2.08 bits per heavy atom. The number of esters is 1. The summed E-state index contributed by atoms with van der Waals surface area (Å²) in [4.78, 5) is 25.6. The average molecular weight is 333 g/mol. The Bertz CT molecular complexity index is 645. The number of amides is 1. The molecule has 1 heterocycles. The molecule has 0 radical (unpaired) electrons. The van der Waals surface area contributed by atoms with Gasteiger partial charge in [-0.3, -0.25) is 4.90 Å². The van der Waals surface area contributed by atoms with Gasteiger partial charge in [-0.05, 0) is 39.8 Å². The van der Waals surface area contributed by atoms with E-state index in [-0.39, 0.29) is 0 Å². The van der Waals surface area contributed by atoms with Crippen molar-refractivity contribution >= 4 is 23.8 Å². The van der Waals surface area contributed by atoms with Crippen LogP contribution in [0.4, 0.5) is 10.5 Å². The van der Waals surface area contributed by atoms with Gasteiger partial charge in [0.15, 0.2) is 0 Å². The van der Waals surface area contributed by atoms with Gasteiger partial charge < -0.3 is 14.2 Å². The molecule has 0 fully saturated rings. The first-order valence-electron chi connectivity index (χ1n) is 7.93. The van der Waals surface area contributed by atoms with Gasteiger partial charge in [-0.25, -0.2) is 9.59 Å². The van der Waals surface area contributed by atoms with Crippen LogP contribution in [0.15, 0.2) is 24.3 Å². The summed E-state index contributed by atoms with van der Waals surface area (Å²) in [6.45, 7) is 8.28. The normalized spacial score (nSPS) is 14.1. The lowest BCUT2D eigenvalue weighted by molar-refractivity contribution is -0.137. The number of para-hydroxylation sites is 1. The first-order chi connectivity index (χ1) is 11.3. The van der Waals surface area contributed by atoms with Crippen molar-refractivity contribution in [2.24, 2.45) is 0 Å². The van der Waals surface area contributed by atoms with Crippen LogP contribution in [-0.4, -0.2) is 37.4 Å². The minimum absolute atomic E-state index is 0.309. The summed E-state index contributed by atoms with van der Waals surface area (Å²) in [5.74, 6) is 0.147. The van der Waals surface area contributed by atoms with E-state index < -0.39 is 17.7 Å². The summed E-state index contributed by atoms with van der Waals surface area (Å²) >= 11 is 0. The van der Waals surface area contributed by atoms with E-state index in [4.69, 9.17) is 14.2 Å². The largest absolute Gasteiger partial charge is 0.490 e. The highest BCUT2D eigenvalue weighted by molar-refractivity contribution is 5.95. The third-order valence-electron chi connectivity index (χ3n) is 3.17. The molecule has 0 aliphatic carbocycles. The predicted molar refractivity (Wildman–Crippen MR) is 91.2 cm³/mol. The van der Waals surface area contributed by atoms with Crippen LogP contribution in [0.2, 0.25) is 0 Å². The van der Waals surface area contributed by atoms with Gasteiger partial charge in [0.2, 0.25) is 0 Å². The SMILES string of the molecule is CCOC(=O)/C=C/c1cccc2c1N(C(=O)OC(C)(C)C)CCO2. The molecule has 0 aromatic heterocycles. The quantitative estimate of drug-likeness (QED) is 0.626. The Kier molecular flexibility index (Phi) is 5.49. The predicted octanol–water partition coefficient (Wildman–Crippen LogP) is 3.40. The third kappa shape index (κ3) is 4.50. The minimum atomic E-state index is -0.592. The fourth-order valence-electron chi connectivity index (χ4n) is 2.29. The summed E-state index contributed by atoms with van der Waals surface area (Å²) in [6, 6.07) is 5.40. The summed E-state index contributed by atoms with van der Waals surface area (Å²) in [7, 11) is 0. The first kappa shape index (κ1) is 17.8. The third-order valence-corrected chi connectivity index (χ3v) is 3.17. The molecule has 6 heteroatoms. The molecule has 6 nitrogen and oxygen atoms in total. The van der Waals surface area contributed by atoms with Gasteiger partial charge in [-0.15, -0.1) is 0 Å². The van der Waals surface area contributed by atoms with Gasteiger partial charge in [0, 0.05) is 11.6 Å². The molecule has 0 spiro atoms. The minimum Gasteiger partial charge on any atom is -0.490 e. The maximum absolute atomic E-state index is 12.5. The van der Waals surface area contributed by atoms with E-state index in [1.54, 1.807) is 25.1 Å². The fourth-order valence-corrected chi connectivity index (χ4v) is 2.29. The lowest BCUT2D eigenvalue weighted by atomic mass is 10.1. The summed E-state index contributed by atoms with van der Waals surface area (Å²) in [5.41, 5.74) is 0.690. The number of ether oxygens (including phenoxy) is 3. The molecule has 1 amide bonds. The summed E-state index contributed by atoms with van der Waals surface area (Å²) in [6.07, 6.45) is 2.51. The van der Waals surface area contributed by atoms with Crippen molar-refractivity contribution < 1.29 is 23.8 Å². The summed E-state index contributed by atoms with van der Waals surface area (Å²) in [5, 5.41) is 0. The van der Waals surface area contributed by atoms with Crippen LogP contribution in [0.25, 0.3) is 6.08 Å². The van der Waals surface area contributed by atoms with Crippen LogP contribution in [0.1, 0.15) is 33.3 Å². The average Bonchev–Trinajstić information content (AvgIpc) is 2.51. The van der Waals surface area contributed by atoms with Crippen LogP contribution in [0, 0.1) is 0 Å². The topological polar surface area (TPSA) is 65.1 Å². The Morgan fingerprint density at radius 3 is 2.75 bits per heavy atom. The molecule has 0 atom stereocenters. The lowest BCUT2D eigenvalue weighted by Crippen LogP contribution is -2.41. The van der Waals surface area contributed by atoms with Gasteiger partial charge in [0.25, 0.3) is 0 Å². The highest BCUT2D eigenvalue weighted by atomic mass is 16.6. The number of nitrogens with zero attached hydrogens (tertiary/aromatic N) is 1. The van der Waals surface area contributed by atoms with Gasteiger partial charge in [-0.2, -0.15) is 0 Å². The molecule has 0 saturated heterocycles. The maximum atomic E-state index is 12.5. The molecular weight excluding hydrogens is 310 g/mol. The molecule has 1 aromatic rings. The number of carbonyl (C=O) groups is 2. The van der Waals surface area contributed by atoms with Crippen molar-refractivity contribution in [3.63, 3.8) is 0 Å². The second-order valence-corrected chi connectivity index (χ2v) is 6.26. The molecular formula is C18H23NO5. The molecule has 0 N–H and O–H groups in total. The van der Waals surface area contributed by atoms with Crippen molar-refractivity contribution in [1.29, 1.82) is 0 Å². The number of anilines is 1. The van der Waals surface area contributed by atoms with Crippen LogP contribution in [0.3, 0.4) is 0 Å². The lowest BCUT2D eigenvalue weighted by Gasteiger charge is -2.32. The Labute approximate surface area is 142 Å². The smallest absolute Gasteiger partial charge is 0.415 e. The molecule has 0 bridgehead atoms. The number of rotatable bonds is 3. The molecule has 0 unspecified atom stereocenters. The molecule has 2 rings (SSSR count). The van der Waals surface area contributed by atoms with Crippen LogP contribution in [-0.2, 0) is 14.3 Å². The van der Waals surface area contributed by atoms with Crippen molar-refractivity contribution in [3.8, 4) is 5.75 Å². The molecule has 130 valence electrons. The van der Waals surface area contributed by atoms with E-state index in [1.807, 2.05) is 26.8 Å². The Morgan fingerprint density at radius 1 is 1.33 bits per heavy atom.